The molecule has 1 fully saturated rings. The third-order valence-electron chi connectivity index (χ3n) is 4.79. The van der Waals surface area contributed by atoms with Crippen molar-refractivity contribution >= 4 is 5.91 Å². The Balaban J connectivity index is 1.87. The van der Waals surface area contributed by atoms with Gasteiger partial charge in [0.25, 0.3) is 5.91 Å². The van der Waals surface area contributed by atoms with Crippen molar-refractivity contribution in [1.29, 1.82) is 0 Å². The molecular formula is C18H25N5O. The minimum atomic E-state index is 0.0550. The highest BCUT2D eigenvalue weighted by Gasteiger charge is 2.28. The average molecular weight is 327 g/mol. The van der Waals surface area contributed by atoms with Crippen LogP contribution in [0.3, 0.4) is 0 Å². The minimum absolute atomic E-state index is 0.0550. The summed E-state index contributed by atoms with van der Waals surface area (Å²) in [5.74, 6) is 1.17. The number of rotatable bonds is 4. The maximum absolute atomic E-state index is 13.0. The molecule has 24 heavy (non-hydrogen) atoms. The number of amides is 1. The first-order valence-corrected chi connectivity index (χ1v) is 8.65. The average Bonchev–Trinajstić information content (AvgIpc) is 3.05. The second-order valence-electron chi connectivity index (χ2n) is 6.47. The van der Waals surface area contributed by atoms with E-state index in [4.69, 9.17) is 5.73 Å². The van der Waals surface area contributed by atoms with Crippen LogP contribution in [-0.4, -0.2) is 44.7 Å². The van der Waals surface area contributed by atoms with Gasteiger partial charge in [0.1, 0.15) is 0 Å². The van der Waals surface area contributed by atoms with Crippen molar-refractivity contribution in [3.63, 3.8) is 0 Å². The SMILES string of the molecule is CCc1c(C(=O)N2CCCC(C(C)N)C2)cnn1-c1ccccn1. The Kier molecular flexibility index (Phi) is 4.94. The first-order valence-electron chi connectivity index (χ1n) is 8.65. The number of pyridine rings is 1. The molecule has 6 nitrogen and oxygen atoms in total. The van der Waals surface area contributed by atoms with Crippen molar-refractivity contribution in [2.24, 2.45) is 11.7 Å². The first kappa shape index (κ1) is 16.6. The van der Waals surface area contributed by atoms with Gasteiger partial charge in [-0.1, -0.05) is 13.0 Å². The molecule has 128 valence electrons. The quantitative estimate of drug-likeness (QED) is 0.932. The van der Waals surface area contributed by atoms with Gasteiger partial charge in [-0.3, -0.25) is 4.79 Å². The Bertz CT molecular complexity index is 695. The number of likely N-dealkylation sites (tertiary alicyclic amines) is 1. The van der Waals surface area contributed by atoms with E-state index >= 15 is 0 Å². The van der Waals surface area contributed by atoms with Crippen molar-refractivity contribution in [2.75, 3.05) is 13.1 Å². The molecular weight excluding hydrogens is 302 g/mol. The molecule has 0 aromatic carbocycles. The molecule has 0 spiro atoms. The van der Waals surface area contributed by atoms with Gasteiger partial charge in [0.05, 0.1) is 17.5 Å². The number of nitrogens with zero attached hydrogens (tertiary/aromatic N) is 4. The highest BCUT2D eigenvalue weighted by atomic mass is 16.2. The van der Waals surface area contributed by atoms with Gasteiger partial charge >= 0.3 is 0 Å². The highest BCUT2D eigenvalue weighted by Crippen LogP contribution is 2.22. The number of hydrogen-bond donors (Lipinski definition) is 1. The van der Waals surface area contributed by atoms with Gasteiger partial charge in [0.15, 0.2) is 5.82 Å². The van der Waals surface area contributed by atoms with Crippen LogP contribution >= 0.6 is 0 Å². The van der Waals surface area contributed by atoms with Crippen molar-refractivity contribution in [3.05, 3.63) is 41.9 Å². The van der Waals surface area contributed by atoms with Gasteiger partial charge in [0.2, 0.25) is 0 Å². The number of carbonyl (C=O) groups is 1. The van der Waals surface area contributed by atoms with Crippen LogP contribution < -0.4 is 5.73 Å². The molecule has 2 N–H and O–H groups in total. The molecule has 1 aliphatic rings. The minimum Gasteiger partial charge on any atom is -0.338 e. The van der Waals surface area contributed by atoms with Crippen molar-refractivity contribution in [1.82, 2.24) is 19.7 Å². The van der Waals surface area contributed by atoms with E-state index in [2.05, 4.69) is 10.1 Å². The molecule has 0 radical (unpaired) electrons. The smallest absolute Gasteiger partial charge is 0.257 e. The number of aromatic nitrogens is 3. The summed E-state index contributed by atoms with van der Waals surface area (Å²) in [5, 5.41) is 4.41. The van der Waals surface area contributed by atoms with E-state index in [9.17, 15) is 4.79 Å². The van der Waals surface area contributed by atoms with Gasteiger partial charge in [-0.05, 0) is 44.2 Å². The van der Waals surface area contributed by atoms with Crippen LogP contribution in [0.1, 0.15) is 42.7 Å². The Hall–Kier alpha value is -2.21. The molecule has 2 aromatic rings. The summed E-state index contributed by atoms with van der Waals surface area (Å²) >= 11 is 0. The van der Waals surface area contributed by atoms with Crippen molar-refractivity contribution in [3.8, 4) is 5.82 Å². The zero-order valence-electron chi connectivity index (χ0n) is 14.4. The molecule has 1 saturated heterocycles. The molecule has 0 aliphatic carbocycles. The van der Waals surface area contributed by atoms with E-state index in [0.29, 0.717) is 11.5 Å². The summed E-state index contributed by atoms with van der Waals surface area (Å²) in [7, 11) is 0. The molecule has 3 heterocycles. The van der Waals surface area contributed by atoms with Gasteiger partial charge in [0, 0.05) is 25.3 Å². The number of nitrogens with two attached hydrogens (primary N) is 1. The molecule has 6 heteroatoms. The van der Waals surface area contributed by atoms with Crippen molar-refractivity contribution in [2.45, 2.75) is 39.2 Å². The van der Waals surface area contributed by atoms with Crippen molar-refractivity contribution < 1.29 is 4.79 Å². The van der Waals surface area contributed by atoms with Crippen LogP contribution in [0.15, 0.2) is 30.6 Å². The van der Waals surface area contributed by atoms with Crippen LogP contribution in [0.5, 0.6) is 0 Å². The predicted octanol–water partition coefficient (Wildman–Crippen LogP) is 2.03. The molecule has 1 amide bonds. The van der Waals surface area contributed by atoms with E-state index in [1.165, 1.54) is 0 Å². The molecule has 2 unspecified atom stereocenters. The molecule has 2 atom stereocenters. The molecule has 0 saturated carbocycles. The monoisotopic (exact) mass is 327 g/mol. The molecule has 2 aromatic heterocycles. The second-order valence-corrected chi connectivity index (χ2v) is 6.47. The molecule has 3 rings (SSSR count). The lowest BCUT2D eigenvalue weighted by Gasteiger charge is -2.34. The number of piperidine rings is 1. The van der Waals surface area contributed by atoms with Gasteiger partial charge in [-0.25, -0.2) is 9.67 Å². The van der Waals surface area contributed by atoms with Crippen LogP contribution in [0.25, 0.3) is 5.82 Å². The maximum Gasteiger partial charge on any atom is 0.257 e. The zero-order chi connectivity index (χ0) is 17.1. The van der Waals surface area contributed by atoms with Gasteiger partial charge in [-0.2, -0.15) is 5.10 Å². The Morgan fingerprint density at radius 1 is 1.46 bits per heavy atom. The van der Waals surface area contributed by atoms with Crippen LogP contribution in [0.4, 0.5) is 0 Å². The topological polar surface area (TPSA) is 77.0 Å². The Morgan fingerprint density at radius 2 is 2.29 bits per heavy atom. The fraction of sp³-hybridized carbons (Fsp3) is 0.500. The third-order valence-corrected chi connectivity index (χ3v) is 4.79. The van der Waals surface area contributed by atoms with E-state index in [-0.39, 0.29) is 11.9 Å². The summed E-state index contributed by atoms with van der Waals surface area (Å²) in [5.41, 5.74) is 7.62. The molecule has 1 aliphatic heterocycles. The summed E-state index contributed by atoms with van der Waals surface area (Å²) in [4.78, 5) is 19.3. The predicted molar refractivity (Wildman–Crippen MR) is 93.0 cm³/mol. The first-order chi connectivity index (χ1) is 11.6. The molecule has 0 bridgehead atoms. The standard InChI is InChI=1S/C18H25N5O/c1-3-16-15(11-21-23(16)17-8-4-5-9-20-17)18(24)22-10-6-7-14(12-22)13(2)19/h4-5,8-9,11,13-14H,3,6-7,10,12,19H2,1-2H3. The third kappa shape index (κ3) is 3.19. The van der Waals surface area contributed by atoms with Crippen LogP contribution in [0.2, 0.25) is 0 Å². The lowest BCUT2D eigenvalue weighted by Crippen LogP contribution is -2.45. The maximum atomic E-state index is 13.0. The number of carbonyl (C=O) groups excluding carboxylic acids is 1. The largest absolute Gasteiger partial charge is 0.338 e. The Labute approximate surface area is 142 Å². The van der Waals surface area contributed by atoms with Crippen LogP contribution in [0, 0.1) is 5.92 Å². The number of hydrogen-bond acceptors (Lipinski definition) is 4. The van der Waals surface area contributed by atoms with Gasteiger partial charge in [-0.15, -0.1) is 0 Å². The Morgan fingerprint density at radius 3 is 2.96 bits per heavy atom. The van der Waals surface area contributed by atoms with E-state index in [1.54, 1.807) is 17.1 Å². The van der Waals surface area contributed by atoms with E-state index < -0.39 is 0 Å². The highest BCUT2D eigenvalue weighted by molar-refractivity contribution is 5.95. The summed E-state index contributed by atoms with van der Waals surface area (Å²) in [6, 6.07) is 5.80. The fourth-order valence-electron chi connectivity index (χ4n) is 3.36. The van der Waals surface area contributed by atoms with Gasteiger partial charge < -0.3 is 10.6 Å². The lowest BCUT2D eigenvalue weighted by molar-refractivity contribution is 0.0660. The van der Waals surface area contributed by atoms with E-state index in [0.717, 1.165) is 43.9 Å². The summed E-state index contributed by atoms with van der Waals surface area (Å²) in [6.07, 6.45) is 6.23. The fourth-order valence-corrected chi connectivity index (χ4v) is 3.36. The normalized spacial score (nSPS) is 19.3. The summed E-state index contributed by atoms with van der Waals surface area (Å²) < 4.78 is 1.76. The summed E-state index contributed by atoms with van der Waals surface area (Å²) in [6.45, 7) is 5.58. The van der Waals surface area contributed by atoms with Crippen LogP contribution in [-0.2, 0) is 6.42 Å². The zero-order valence-corrected chi connectivity index (χ0v) is 14.4. The second kappa shape index (κ2) is 7.13. The lowest BCUT2D eigenvalue weighted by atomic mass is 9.92. The van der Waals surface area contributed by atoms with E-state index in [1.807, 2.05) is 36.9 Å².